The minimum absolute atomic E-state index is 0.0277. The predicted octanol–water partition coefficient (Wildman–Crippen LogP) is 1.81. The highest BCUT2D eigenvalue weighted by atomic mass is 16.5. The molecule has 1 amide bonds. The number of carbonyl (C=O) groups excluding carboxylic acids is 1. The van der Waals surface area contributed by atoms with Gasteiger partial charge in [-0.15, -0.1) is 0 Å². The van der Waals surface area contributed by atoms with E-state index in [1.165, 1.54) is 0 Å². The highest BCUT2D eigenvalue weighted by molar-refractivity contribution is 5.99. The molecule has 1 aliphatic rings. The summed E-state index contributed by atoms with van der Waals surface area (Å²) in [5.41, 5.74) is 1.41. The van der Waals surface area contributed by atoms with Gasteiger partial charge in [0.15, 0.2) is 0 Å². The van der Waals surface area contributed by atoms with E-state index >= 15 is 0 Å². The van der Waals surface area contributed by atoms with Gasteiger partial charge in [0.1, 0.15) is 17.0 Å². The Morgan fingerprint density at radius 3 is 3.00 bits per heavy atom. The SMILES string of the molecule is CC[C@H](C)[C@@H]1NC(=O)c2c1noc2C. The molecule has 2 rings (SSSR count). The summed E-state index contributed by atoms with van der Waals surface area (Å²) in [6, 6.07) is 0.0277. The zero-order valence-corrected chi connectivity index (χ0v) is 8.63. The van der Waals surface area contributed by atoms with Gasteiger partial charge in [-0.1, -0.05) is 25.4 Å². The fraction of sp³-hybridized carbons (Fsp3) is 0.600. The van der Waals surface area contributed by atoms with Crippen LogP contribution in [0.5, 0.6) is 0 Å². The minimum atomic E-state index is -0.0518. The molecule has 0 unspecified atom stereocenters. The topological polar surface area (TPSA) is 55.1 Å². The van der Waals surface area contributed by atoms with Crippen molar-refractivity contribution >= 4 is 5.91 Å². The Balaban J connectivity index is 2.39. The Morgan fingerprint density at radius 1 is 1.64 bits per heavy atom. The van der Waals surface area contributed by atoms with Gasteiger partial charge in [0.2, 0.25) is 0 Å². The molecule has 0 fully saturated rings. The Bertz CT molecular complexity index is 370. The molecule has 76 valence electrons. The second kappa shape index (κ2) is 3.12. The zero-order valence-electron chi connectivity index (χ0n) is 8.63. The molecule has 2 atom stereocenters. The number of hydrogen-bond acceptors (Lipinski definition) is 3. The number of carbonyl (C=O) groups is 1. The van der Waals surface area contributed by atoms with Crippen molar-refractivity contribution < 1.29 is 9.32 Å². The van der Waals surface area contributed by atoms with Gasteiger partial charge in [0.25, 0.3) is 5.91 Å². The number of nitrogens with zero attached hydrogens (tertiary/aromatic N) is 1. The van der Waals surface area contributed by atoms with E-state index in [0.717, 1.165) is 12.1 Å². The maximum Gasteiger partial charge on any atom is 0.257 e. The largest absolute Gasteiger partial charge is 0.360 e. The minimum Gasteiger partial charge on any atom is -0.360 e. The third-order valence-electron chi connectivity index (χ3n) is 2.91. The van der Waals surface area contributed by atoms with Crippen LogP contribution in [0.2, 0.25) is 0 Å². The highest BCUT2D eigenvalue weighted by Crippen LogP contribution is 2.32. The van der Waals surface area contributed by atoms with Gasteiger partial charge in [-0.05, 0) is 12.8 Å². The van der Waals surface area contributed by atoms with Crippen molar-refractivity contribution in [2.75, 3.05) is 0 Å². The van der Waals surface area contributed by atoms with E-state index in [1.807, 2.05) is 0 Å². The molecule has 1 aromatic rings. The molecule has 0 aromatic carbocycles. The van der Waals surface area contributed by atoms with Gasteiger partial charge in [-0.3, -0.25) is 4.79 Å². The molecule has 0 saturated carbocycles. The highest BCUT2D eigenvalue weighted by Gasteiger charge is 2.36. The average molecular weight is 194 g/mol. The number of aryl methyl sites for hydroxylation is 1. The Labute approximate surface area is 82.7 Å². The monoisotopic (exact) mass is 194 g/mol. The lowest BCUT2D eigenvalue weighted by molar-refractivity contribution is 0.0942. The van der Waals surface area contributed by atoms with E-state index in [1.54, 1.807) is 6.92 Å². The molecule has 1 aromatic heterocycles. The Morgan fingerprint density at radius 2 is 2.36 bits per heavy atom. The average Bonchev–Trinajstić information content (AvgIpc) is 2.68. The van der Waals surface area contributed by atoms with E-state index in [0.29, 0.717) is 17.2 Å². The Kier molecular flexibility index (Phi) is 2.06. The van der Waals surface area contributed by atoms with Crippen molar-refractivity contribution in [3.8, 4) is 0 Å². The van der Waals surface area contributed by atoms with Crippen LogP contribution >= 0.6 is 0 Å². The van der Waals surface area contributed by atoms with E-state index in [-0.39, 0.29) is 11.9 Å². The summed E-state index contributed by atoms with van der Waals surface area (Å²) in [5, 5.41) is 6.87. The lowest BCUT2D eigenvalue weighted by Crippen LogP contribution is -2.24. The third-order valence-corrected chi connectivity index (χ3v) is 2.91. The van der Waals surface area contributed by atoms with Crippen molar-refractivity contribution in [3.63, 3.8) is 0 Å². The van der Waals surface area contributed by atoms with Gasteiger partial charge < -0.3 is 9.84 Å². The summed E-state index contributed by atoms with van der Waals surface area (Å²) in [4.78, 5) is 11.6. The maximum absolute atomic E-state index is 11.6. The summed E-state index contributed by atoms with van der Waals surface area (Å²) in [7, 11) is 0. The first kappa shape index (κ1) is 9.24. The molecular weight excluding hydrogens is 180 g/mol. The summed E-state index contributed by atoms with van der Waals surface area (Å²) in [6.07, 6.45) is 1.01. The number of fused-ring (bicyclic) bond motifs is 1. The van der Waals surface area contributed by atoms with Gasteiger partial charge in [0.05, 0.1) is 6.04 Å². The molecule has 4 heteroatoms. The number of hydrogen-bond donors (Lipinski definition) is 1. The zero-order chi connectivity index (χ0) is 10.3. The molecule has 0 saturated heterocycles. The quantitative estimate of drug-likeness (QED) is 0.781. The standard InChI is InChI=1S/C10H14N2O2/c1-4-5(2)8-9-7(10(13)11-8)6(3)14-12-9/h5,8H,4H2,1-3H3,(H,11,13)/t5-,8-/m0/s1. The van der Waals surface area contributed by atoms with E-state index in [9.17, 15) is 4.79 Å². The van der Waals surface area contributed by atoms with Crippen molar-refractivity contribution in [3.05, 3.63) is 17.0 Å². The molecule has 4 nitrogen and oxygen atoms in total. The van der Waals surface area contributed by atoms with E-state index < -0.39 is 0 Å². The van der Waals surface area contributed by atoms with Gasteiger partial charge >= 0.3 is 0 Å². The molecule has 2 heterocycles. The lowest BCUT2D eigenvalue weighted by Gasteiger charge is -2.16. The van der Waals surface area contributed by atoms with Crippen LogP contribution in [0.1, 0.15) is 48.1 Å². The number of amides is 1. The fourth-order valence-electron chi connectivity index (χ4n) is 1.81. The predicted molar refractivity (Wildman–Crippen MR) is 50.9 cm³/mol. The normalized spacial score (nSPS) is 21.9. The van der Waals surface area contributed by atoms with Gasteiger partial charge in [-0.2, -0.15) is 0 Å². The van der Waals surface area contributed by atoms with Gasteiger partial charge in [-0.25, -0.2) is 0 Å². The summed E-state index contributed by atoms with van der Waals surface area (Å²) in [6.45, 7) is 5.97. The first-order valence-electron chi connectivity index (χ1n) is 4.92. The second-order valence-corrected chi connectivity index (χ2v) is 3.84. The summed E-state index contributed by atoms with van der Waals surface area (Å²) < 4.78 is 5.02. The van der Waals surface area contributed by atoms with E-state index in [2.05, 4.69) is 24.3 Å². The van der Waals surface area contributed by atoms with Crippen LogP contribution in [-0.4, -0.2) is 11.1 Å². The number of rotatable bonds is 2. The van der Waals surface area contributed by atoms with E-state index in [4.69, 9.17) is 4.52 Å². The molecule has 0 spiro atoms. The van der Waals surface area contributed by atoms with Crippen LogP contribution in [-0.2, 0) is 0 Å². The van der Waals surface area contributed by atoms with Crippen LogP contribution in [0.15, 0.2) is 4.52 Å². The first-order valence-corrected chi connectivity index (χ1v) is 4.92. The van der Waals surface area contributed by atoms with Crippen molar-refractivity contribution in [2.45, 2.75) is 33.2 Å². The maximum atomic E-state index is 11.6. The smallest absolute Gasteiger partial charge is 0.257 e. The number of aromatic nitrogens is 1. The second-order valence-electron chi connectivity index (χ2n) is 3.84. The molecule has 0 bridgehead atoms. The molecule has 1 N–H and O–H groups in total. The van der Waals surface area contributed by atoms with Crippen LogP contribution in [0.3, 0.4) is 0 Å². The fourth-order valence-corrected chi connectivity index (χ4v) is 1.81. The molecular formula is C10H14N2O2. The molecule has 0 radical (unpaired) electrons. The summed E-state index contributed by atoms with van der Waals surface area (Å²) in [5.74, 6) is 0.956. The Hall–Kier alpha value is -1.32. The van der Waals surface area contributed by atoms with Crippen molar-refractivity contribution in [1.82, 2.24) is 10.5 Å². The van der Waals surface area contributed by atoms with Crippen LogP contribution in [0.4, 0.5) is 0 Å². The van der Waals surface area contributed by atoms with Crippen LogP contribution in [0.25, 0.3) is 0 Å². The molecule has 0 aliphatic carbocycles. The molecule has 1 aliphatic heterocycles. The number of nitrogens with one attached hydrogen (secondary N) is 1. The van der Waals surface area contributed by atoms with Crippen molar-refractivity contribution in [1.29, 1.82) is 0 Å². The first-order chi connectivity index (χ1) is 6.65. The van der Waals surface area contributed by atoms with Crippen LogP contribution < -0.4 is 5.32 Å². The third kappa shape index (κ3) is 1.14. The molecule has 14 heavy (non-hydrogen) atoms. The lowest BCUT2D eigenvalue weighted by atomic mass is 9.97. The van der Waals surface area contributed by atoms with Crippen molar-refractivity contribution in [2.24, 2.45) is 5.92 Å². The summed E-state index contributed by atoms with van der Waals surface area (Å²) >= 11 is 0. The van der Waals surface area contributed by atoms with Gasteiger partial charge in [0, 0.05) is 0 Å². The van der Waals surface area contributed by atoms with Crippen LogP contribution in [0, 0.1) is 12.8 Å².